The van der Waals surface area contributed by atoms with Gasteiger partial charge in [-0.2, -0.15) is 0 Å². The van der Waals surface area contributed by atoms with Crippen molar-refractivity contribution >= 4 is 42.3 Å². The van der Waals surface area contributed by atoms with E-state index >= 15 is 0 Å². The molecule has 1 aliphatic carbocycles. The summed E-state index contributed by atoms with van der Waals surface area (Å²) in [4.78, 5) is 10.7. The first-order valence-electron chi connectivity index (χ1n) is 20.9. The highest BCUT2D eigenvalue weighted by Crippen LogP contribution is 2.53. The van der Waals surface area contributed by atoms with Gasteiger partial charge in [0, 0.05) is 42.3 Å². The lowest BCUT2D eigenvalue weighted by molar-refractivity contribution is 0.714. The topological polar surface area (TPSA) is 25.8 Å². The lowest BCUT2D eigenvalue weighted by atomic mass is 9.74. The molecule has 0 fully saturated rings. The number of nitrogens with zero attached hydrogens (tertiary/aromatic N) is 2. The summed E-state index contributed by atoms with van der Waals surface area (Å²) in [6.45, 7) is 2.37. The van der Waals surface area contributed by atoms with Crippen LogP contribution in [0.4, 0.5) is 0 Å². The number of fused-ring (bicyclic) bond motifs is 7. The number of thiophene rings is 1. The van der Waals surface area contributed by atoms with Crippen LogP contribution in [-0.4, -0.2) is 9.97 Å². The van der Waals surface area contributed by atoms with Gasteiger partial charge in [0.15, 0.2) is 5.82 Å². The van der Waals surface area contributed by atoms with Crippen LogP contribution >= 0.6 is 11.3 Å². The fourth-order valence-corrected chi connectivity index (χ4v) is 10.7. The number of benzene rings is 9. The fourth-order valence-electron chi connectivity index (χ4n) is 9.58. The molecule has 0 bridgehead atoms. The van der Waals surface area contributed by atoms with Crippen molar-refractivity contribution < 1.29 is 0 Å². The molecule has 2 heterocycles. The molecule has 2 nitrogen and oxygen atoms in total. The van der Waals surface area contributed by atoms with Crippen molar-refractivity contribution in [1.29, 1.82) is 0 Å². The maximum atomic E-state index is 5.37. The molecule has 0 spiro atoms. The van der Waals surface area contributed by atoms with Gasteiger partial charge in [0.1, 0.15) is 0 Å². The van der Waals surface area contributed by atoms with Crippen molar-refractivity contribution in [3.8, 4) is 67.3 Å². The number of aromatic nitrogens is 2. The van der Waals surface area contributed by atoms with Gasteiger partial charge in [-0.15, -0.1) is 11.3 Å². The average molecular weight is 795 g/mol. The van der Waals surface area contributed by atoms with E-state index < -0.39 is 0 Å². The Morgan fingerprint density at radius 2 is 0.967 bits per heavy atom. The third kappa shape index (κ3) is 5.92. The molecule has 61 heavy (non-hydrogen) atoms. The molecule has 11 aromatic rings. The summed E-state index contributed by atoms with van der Waals surface area (Å²) in [5.41, 5.74) is 15.6. The van der Waals surface area contributed by atoms with Crippen molar-refractivity contribution in [2.75, 3.05) is 0 Å². The summed E-state index contributed by atoms with van der Waals surface area (Å²) in [5.74, 6) is 0.700. The third-order valence-electron chi connectivity index (χ3n) is 12.7. The second-order valence-corrected chi connectivity index (χ2v) is 17.4. The molecular weight excluding hydrogens is 757 g/mol. The van der Waals surface area contributed by atoms with Crippen LogP contribution in [-0.2, 0) is 5.41 Å². The average Bonchev–Trinajstić information content (AvgIpc) is 3.84. The van der Waals surface area contributed by atoms with E-state index in [2.05, 4.69) is 213 Å². The molecule has 0 saturated heterocycles. The standard InChI is InChI=1S/C58H38N2S/c1-58(46-18-6-3-7-19-46)51-22-12-10-20-47(51)48-28-26-42(35-52(48)58)53-36-54(60-57(59-53)38-15-4-2-5-16-38)45-32-43(40-25-24-37-14-8-9-17-39(37)30-40)31-44(33-45)41-27-29-56-50(34-41)49-21-11-13-23-55(49)61-56/h2-36H,1H3. The minimum atomic E-state index is -0.320. The maximum absolute atomic E-state index is 5.37. The Bertz CT molecular complexity index is 3490. The molecule has 2 aromatic heterocycles. The second kappa shape index (κ2) is 14.1. The van der Waals surface area contributed by atoms with Crippen LogP contribution in [0.25, 0.3) is 98.2 Å². The van der Waals surface area contributed by atoms with E-state index in [1.165, 1.54) is 69.9 Å². The summed E-state index contributed by atoms with van der Waals surface area (Å²) < 4.78 is 2.60. The van der Waals surface area contributed by atoms with Gasteiger partial charge < -0.3 is 0 Å². The first kappa shape index (κ1) is 35.5. The van der Waals surface area contributed by atoms with Gasteiger partial charge in [-0.25, -0.2) is 9.97 Å². The van der Waals surface area contributed by atoms with Crippen molar-refractivity contribution in [3.05, 3.63) is 229 Å². The van der Waals surface area contributed by atoms with Crippen LogP contribution in [0.1, 0.15) is 23.6 Å². The summed E-state index contributed by atoms with van der Waals surface area (Å²) in [5, 5.41) is 5.03. The van der Waals surface area contributed by atoms with Gasteiger partial charge in [0.2, 0.25) is 0 Å². The summed E-state index contributed by atoms with van der Waals surface area (Å²) in [6, 6.07) is 77.2. The summed E-state index contributed by atoms with van der Waals surface area (Å²) in [6.07, 6.45) is 0. The van der Waals surface area contributed by atoms with E-state index in [4.69, 9.17) is 9.97 Å². The van der Waals surface area contributed by atoms with Crippen LogP contribution in [0.5, 0.6) is 0 Å². The molecular formula is C58H38N2S. The smallest absolute Gasteiger partial charge is 0.160 e. The van der Waals surface area contributed by atoms with Crippen LogP contribution in [0, 0.1) is 0 Å². The SMILES string of the molecule is CC1(c2ccccc2)c2ccccc2-c2ccc(-c3cc(-c4cc(-c5ccc6ccccc6c5)cc(-c5ccc6sc7ccccc7c6c5)c4)nc(-c4ccccc4)n3)cc21. The first-order valence-corrected chi connectivity index (χ1v) is 21.7. The van der Waals surface area contributed by atoms with E-state index in [1.807, 2.05) is 17.4 Å². The van der Waals surface area contributed by atoms with Crippen molar-refractivity contribution in [1.82, 2.24) is 9.97 Å². The molecule has 0 aliphatic heterocycles. The quantitative estimate of drug-likeness (QED) is 0.168. The predicted octanol–water partition coefficient (Wildman–Crippen LogP) is 15.7. The molecule has 286 valence electrons. The molecule has 1 unspecified atom stereocenters. The monoisotopic (exact) mass is 794 g/mol. The van der Waals surface area contributed by atoms with E-state index in [0.717, 1.165) is 39.2 Å². The lowest BCUT2D eigenvalue weighted by Gasteiger charge is -2.28. The Labute approximate surface area is 359 Å². The molecule has 1 atom stereocenters. The summed E-state index contributed by atoms with van der Waals surface area (Å²) in [7, 11) is 0. The fraction of sp³-hybridized carbons (Fsp3) is 0.0345. The number of rotatable bonds is 6. The van der Waals surface area contributed by atoms with Gasteiger partial charge in [-0.05, 0) is 122 Å². The zero-order chi connectivity index (χ0) is 40.5. The van der Waals surface area contributed by atoms with Crippen LogP contribution in [0.3, 0.4) is 0 Å². The van der Waals surface area contributed by atoms with Crippen molar-refractivity contribution in [2.45, 2.75) is 12.3 Å². The molecule has 1 aliphatic rings. The second-order valence-electron chi connectivity index (χ2n) is 16.3. The highest BCUT2D eigenvalue weighted by atomic mass is 32.1. The Kier molecular flexibility index (Phi) is 8.19. The molecule has 9 aromatic carbocycles. The van der Waals surface area contributed by atoms with Gasteiger partial charge in [0.05, 0.1) is 11.4 Å². The zero-order valence-electron chi connectivity index (χ0n) is 33.5. The van der Waals surface area contributed by atoms with Crippen molar-refractivity contribution in [2.24, 2.45) is 0 Å². The van der Waals surface area contributed by atoms with Gasteiger partial charge >= 0.3 is 0 Å². The largest absolute Gasteiger partial charge is 0.228 e. The lowest BCUT2D eigenvalue weighted by Crippen LogP contribution is -2.22. The van der Waals surface area contributed by atoms with E-state index in [9.17, 15) is 0 Å². The highest BCUT2D eigenvalue weighted by Gasteiger charge is 2.40. The van der Waals surface area contributed by atoms with Gasteiger partial charge in [0.25, 0.3) is 0 Å². The third-order valence-corrected chi connectivity index (χ3v) is 13.9. The molecule has 12 rings (SSSR count). The predicted molar refractivity (Wildman–Crippen MR) is 257 cm³/mol. The molecule has 0 amide bonds. The van der Waals surface area contributed by atoms with E-state index in [0.29, 0.717) is 5.82 Å². The first-order chi connectivity index (χ1) is 30.1. The molecule has 0 radical (unpaired) electrons. The van der Waals surface area contributed by atoms with Crippen LogP contribution in [0.15, 0.2) is 212 Å². The number of hydrogen-bond acceptors (Lipinski definition) is 3. The Morgan fingerprint density at radius 1 is 0.361 bits per heavy atom. The maximum Gasteiger partial charge on any atom is 0.160 e. The summed E-state index contributed by atoms with van der Waals surface area (Å²) >= 11 is 1.85. The van der Waals surface area contributed by atoms with E-state index in [1.54, 1.807) is 0 Å². The molecule has 0 saturated carbocycles. The van der Waals surface area contributed by atoms with Crippen LogP contribution < -0.4 is 0 Å². The van der Waals surface area contributed by atoms with E-state index in [-0.39, 0.29) is 5.41 Å². The normalized spacial score (nSPS) is 14.4. The van der Waals surface area contributed by atoms with Crippen LogP contribution in [0.2, 0.25) is 0 Å². The van der Waals surface area contributed by atoms with Gasteiger partial charge in [-0.1, -0.05) is 158 Å². The molecule has 3 heteroatoms. The minimum Gasteiger partial charge on any atom is -0.228 e. The zero-order valence-corrected chi connectivity index (χ0v) is 34.3. The molecule has 0 N–H and O–H groups in total. The Balaban J connectivity index is 1.07. The van der Waals surface area contributed by atoms with Gasteiger partial charge in [-0.3, -0.25) is 0 Å². The van der Waals surface area contributed by atoms with Crippen molar-refractivity contribution in [3.63, 3.8) is 0 Å². The number of hydrogen-bond donors (Lipinski definition) is 0. The minimum absolute atomic E-state index is 0.320. The Morgan fingerprint density at radius 3 is 1.80 bits per heavy atom. The highest BCUT2D eigenvalue weighted by molar-refractivity contribution is 7.25. The Hall–Kier alpha value is -7.46.